The summed E-state index contributed by atoms with van der Waals surface area (Å²) in [6, 6.07) is 13.3. The number of aliphatic hydroxyl groups is 1. The van der Waals surface area contributed by atoms with Crippen LogP contribution in [-0.4, -0.2) is 50.3 Å². The Hall–Kier alpha value is -1.89. The molecule has 2 aromatic rings. The van der Waals surface area contributed by atoms with Crippen molar-refractivity contribution >= 4 is 17.4 Å². The van der Waals surface area contributed by atoms with Crippen molar-refractivity contribution in [3.63, 3.8) is 0 Å². The molecule has 0 aromatic heterocycles. The summed E-state index contributed by atoms with van der Waals surface area (Å²) in [6.07, 6.45) is 3.45. The Morgan fingerprint density at radius 1 is 1.15 bits per heavy atom. The van der Waals surface area contributed by atoms with Gasteiger partial charge in [0.25, 0.3) is 0 Å². The molecule has 0 bridgehead atoms. The average molecular weight is 391 g/mol. The first kappa shape index (κ1) is 21.4. The van der Waals surface area contributed by atoms with Gasteiger partial charge in [-0.1, -0.05) is 6.07 Å². The zero-order valence-electron chi connectivity index (χ0n) is 16.3. The first-order valence-electron chi connectivity index (χ1n) is 9.16. The van der Waals surface area contributed by atoms with Gasteiger partial charge in [0.15, 0.2) is 0 Å². The predicted molar refractivity (Wildman–Crippen MR) is 113 cm³/mol. The van der Waals surface area contributed by atoms with E-state index in [9.17, 15) is 10.2 Å². The number of phenols is 1. The number of ether oxygens (including phenoxy) is 1. The number of benzene rings is 2. The number of aliphatic hydroxyl groups excluding tert-OH is 1. The second-order valence-corrected chi connectivity index (χ2v) is 7.33. The molecule has 0 aliphatic carbocycles. The molecule has 0 amide bonds. The molecule has 5 nitrogen and oxygen atoms in total. The molecule has 0 saturated carbocycles. The molecule has 0 radical (unpaired) electrons. The summed E-state index contributed by atoms with van der Waals surface area (Å²) >= 11 is 1.47. The number of hydrogen-bond donors (Lipinski definition) is 3. The number of anilines is 1. The zero-order valence-corrected chi connectivity index (χ0v) is 17.1. The highest BCUT2D eigenvalue weighted by atomic mass is 32.2. The molecule has 0 fully saturated rings. The van der Waals surface area contributed by atoms with Crippen LogP contribution in [0.15, 0.2) is 47.4 Å². The SMILES string of the molecule is COc1ccc(N(C)CCCCNCC(O)c2ccc(O)c(SC)c2)cc1. The van der Waals surface area contributed by atoms with Crippen LogP contribution in [-0.2, 0) is 0 Å². The summed E-state index contributed by atoms with van der Waals surface area (Å²) in [7, 11) is 3.76. The maximum Gasteiger partial charge on any atom is 0.129 e. The second kappa shape index (κ2) is 11.1. The van der Waals surface area contributed by atoms with Crippen molar-refractivity contribution in [2.75, 3.05) is 44.9 Å². The van der Waals surface area contributed by atoms with E-state index in [0.717, 1.165) is 42.1 Å². The van der Waals surface area contributed by atoms with E-state index in [0.29, 0.717) is 6.54 Å². The van der Waals surface area contributed by atoms with E-state index in [4.69, 9.17) is 4.74 Å². The fraction of sp³-hybridized carbons (Fsp3) is 0.429. The van der Waals surface area contributed by atoms with Crippen molar-refractivity contribution in [1.29, 1.82) is 0 Å². The van der Waals surface area contributed by atoms with Gasteiger partial charge in [-0.05, 0) is 67.6 Å². The quantitative estimate of drug-likeness (QED) is 0.402. The Balaban J connectivity index is 1.65. The fourth-order valence-electron chi connectivity index (χ4n) is 2.82. The Labute approximate surface area is 166 Å². The van der Waals surface area contributed by atoms with E-state index in [1.807, 2.05) is 24.5 Å². The number of thioether (sulfide) groups is 1. The van der Waals surface area contributed by atoms with Crippen LogP contribution in [0.4, 0.5) is 5.69 Å². The van der Waals surface area contributed by atoms with Crippen LogP contribution in [0.2, 0.25) is 0 Å². The van der Waals surface area contributed by atoms with Crippen molar-refractivity contribution in [2.45, 2.75) is 23.8 Å². The molecule has 0 aliphatic rings. The molecule has 148 valence electrons. The number of hydrogen-bond acceptors (Lipinski definition) is 6. The first-order chi connectivity index (χ1) is 13.0. The van der Waals surface area contributed by atoms with E-state index in [1.165, 1.54) is 17.4 Å². The lowest BCUT2D eigenvalue weighted by Gasteiger charge is -2.19. The van der Waals surface area contributed by atoms with Gasteiger partial charge in [0.2, 0.25) is 0 Å². The summed E-state index contributed by atoms with van der Waals surface area (Å²) in [4.78, 5) is 3.02. The minimum atomic E-state index is -0.571. The predicted octanol–water partition coefficient (Wildman–Crippen LogP) is 3.66. The van der Waals surface area contributed by atoms with Crippen molar-refractivity contribution < 1.29 is 14.9 Å². The molecule has 0 aliphatic heterocycles. The lowest BCUT2D eigenvalue weighted by atomic mass is 10.1. The van der Waals surface area contributed by atoms with Crippen LogP contribution in [0, 0.1) is 0 Å². The van der Waals surface area contributed by atoms with Crippen molar-refractivity contribution in [3.8, 4) is 11.5 Å². The van der Waals surface area contributed by atoms with Gasteiger partial charge in [-0.2, -0.15) is 0 Å². The monoisotopic (exact) mass is 390 g/mol. The van der Waals surface area contributed by atoms with Crippen LogP contribution in [0.25, 0.3) is 0 Å². The molecule has 0 saturated heterocycles. The Kier molecular flexibility index (Phi) is 8.78. The minimum absolute atomic E-state index is 0.257. The van der Waals surface area contributed by atoms with E-state index in [2.05, 4.69) is 29.4 Å². The van der Waals surface area contributed by atoms with Crippen LogP contribution < -0.4 is 15.0 Å². The Morgan fingerprint density at radius 3 is 2.56 bits per heavy atom. The third kappa shape index (κ3) is 6.65. The number of phenolic OH excluding ortho intramolecular Hbond substituents is 1. The molecule has 0 spiro atoms. The lowest BCUT2D eigenvalue weighted by Crippen LogP contribution is -2.24. The molecule has 6 heteroatoms. The summed E-state index contributed by atoms with van der Waals surface area (Å²) in [5.41, 5.74) is 2.00. The standard InChI is InChI=1S/C21H30N2O3S/c1-23(17-7-9-18(26-2)10-8-17)13-5-4-12-22-15-20(25)16-6-11-19(24)21(14-16)27-3/h6-11,14,20,22,24-25H,4-5,12-13,15H2,1-3H3. The highest BCUT2D eigenvalue weighted by molar-refractivity contribution is 7.98. The zero-order chi connectivity index (χ0) is 19.6. The molecular weight excluding hydrogens is 360 g/mol. The molecule has 0 heterocycles. The average Bonchev–Trinajstić information content (AvgIpc) is 2.70. The van der Waals surface area contributed by atoms with Crippen LogP contribution >= 0.6 is 11.8 Å². The van der Waals surface area contributed by atoms with E-state index >= 15 is 0 Å². The molecule has 2 rings (SSSR count). The van der Waals surface area contributed by atoms with Crippen molar-refractivity contribution in [1.82, 2.24) is 5.32 Å². The summed E-state index contributed by atoms with van der Waals surface area (Å²) in [5.74, 6) is 1.13. The van der Waals surface area contributed by atoms with Gasteiger partial charge in [-0.15, -0.1) is 11.8 Å². The van der Waals surface area contributed by atoms with Crippen LogP contribution in [0.1, 0.15) is 24.5 Å². The largest absolute Gasteiger partial charge is 0.507 e. The van der Waals surface area contributed by atoms with Gasteiger partial charge in [0.1, 0.15) is 11.5 Å². The molecule has 1 unspecified atom stereocenters. The number of rotatable bonds is 11. The van der Waals surface area contributed by atoms with Crippen LogP contribution in [0.3, 0.4) is 0 Å². The molecular formula is C21H30N2O3S. The van der Waals surface area contributed by atoms with Gasteiger partial charge in [0, 0.05) is 30.7 Å². The number of methoxy groups -OCH3 is 1. The van der Waals surface area contributed by atoms with Gasteiger partial charge in [-0.3, -0.25) is 0 Å². The lowest BCUT2D eigenvalue weighted by molar-refractivity contribution is 0.174. The van der Waals surface area contributed by atoms with Crippen molar-refractivity contribution in [3.05, 3.63) is 48.0 Å². The first-order valence-corrected chi connectivity index (χ1v) is 10.4. The van der Waals surface area contributed by atoms with Gasteiger partial charge in [-0.25, -0.2) is 0 Å². The van der Waals surface area contributed by atoms with E-state index < -0.39 is 6.10 Å². The number of aromatic hydroxyl groups is 1. The van der Waals surface area contributed by atoms with Crippen molar-refractivity contribution in [2.24, 2.45) is 0 Å². The highest BCUT2D eigenvalue weighted by Crippen LogP contribution is 2.29. The van der Waals surface area contributed by atoms with Crippen LogP contribution in [0.5, 0.6) is 11.5 Å². The minimum Gasteiger partial charge on any atom is -0.507 e. The topological polar surface area (TPSA) is 65.0 Å². The second-order valence-electron chi connectivity index (χ2n) is 6.48. The van der Waals surface area contributed by atoms with E-state index in [-0.39, 0.29) is 5.75 Å². The Morgan fingerprint density at radius 2 is 1.89 bits per heavy atom. The number of nitrogens with zero attached hydrogens (tertiary/aromatic N) is 1. The molecule has 1 atom stereocenters. The molecule has 3 N–H and O–H groups in total. The summed E-state index contributed by atoms with van der Waals surface area (Å²) < 4.78 is 5.18. The van der Waals surface area contributed by atoms with E-state index in [1.54, 1.807) is 19.2 Å². The molecule has 2 aromatic carbocycles. The number of nitrogens with one attached hydrogen (secondary N) is 1. The third-order valence-corrected chi connectivity index (χ3v) is 5.30. The smallest absolute Gasteiger partial charge is 0.129 e. The summed E-state index contributed by atoms with van der Waals surface area (Å²) in [5, 5.41) is 23.3. The van der Waals surface area contributed by atoms with Gasteiger partial charge in [0.05, 0.1) is 13.2 Å². The third-order valence-electron chi connectivity index (χ3n) is 4.54. The maximum absolute atomic E-state index is 10.3. The summed E-state index contributed by atoms with van der Waals surface area (Å²) in [6.45, 7) is 2.35. The fourth-order valence-corrected chi connectivity index (χ4v) is 3.35. The van der Waals surface area contributed by atoms with Gasteiger partial charge < -0.3 is 25.2 Å². The Bertz CT molecular complexity index is 694. The molecule has 27 heavy (non-hydrogen) atoms. The normalized spacial score (nSPS) is 12.0. The number of unbranched alkanes of at least 4 members (excludes halogenated alkanes) is 1. The highest BCUT2D eigenvalue weighted by Gasteiger charge is 2.10. The maximum atomic E-state index is 10.3. The van der Waals surface area contributed by atoms with Gasteiger partial charge >= 0.3 is 0 Å².